The first-order valence-corrected chi connectivity index (χ1v) is 6.71. The summed E-state index contributed by atoms with van der Waals surface area (Å²) in [6, 6.07) is 0. The van der Waals surface area contributed by atoms with E-state index in [2.05, 4.69) is 13.8 Å². The van der Waals surface area contributed by atoms with Gasteiger partial charge in [0.05, 0.1) is 12.0 Å². The van der Waals surface area contributed by atoms with Gasteiger partial charge in [-0.3, -0.25) is 4.79 Å². The summed E-state index contributed by atoms with van der Waals surface area (Å²) in [5.41, 5.74) is -0.304. The van der Waals surface area contributed by atoms with E-state index < -0.39 is 0 Å². The number of carbonyl (C=O) groups is 1. The van der Waals surface area contributed by atoms with Crippen molar-refractivity contribution in [1.29, 1.82) is 0 Å². The summed E-state index contributed by atoms with van der Waals surface area (Å²) in [7, 11) is 0. The van der Waals surface area contributed by atoms with Crippen LogP contribution in [0.15, 0.2) is 0 Å². The minimum atomic E-state index is -0.304. The largest absolute Gasteiger partial charge is 0.465 e. The molecular weight excluding hydrogens is 200 g/mol. The van der Waals surface area contributed by atoms with Crippen molar-refractivity contribution >= 4 is 5.97 Å². The molecule has 0 aromatic rings. The van der Waals surface area contributed by atoms with Crippen LogP contribution in [0.3, 0.4) is 0 Å². The molecule has 0 saturated carbocycles. The SMILES string of the molecule is CCCCCOC(=O)C(C)(C)CCCCC. The van der Waals surface area contributed by atoms with Crippen molar-refractivity contribution in [1.82, 2.24) is 0 Å². The third-order valence-electron chi connectivity index (χ3n) is 2.94. The zero-order valence-electron chi connectivity index (χ0n) is 11.5. The van der Waals surface area contributed by atoms with Crippen molar-refractivity contribution in [2.45, 2.75) is 72.6 Å². The molecule has 0 amide bonds. The summed E-state index contributed by atoms with van der Waals surface area (Å²) >= 11 is 0. The lowest BCUT2D eigenvalue weighted by atomic mass is 9.87. The third kappa shape index (κ3) is 6.86. The lowest BCUT2D eigenvalue weighted by Gasteiger charge is -2.22. The lowest BCUT2D eigenvalue weighted by molar-refractivity contribution is -0.154. The summed E-state index contributed by atoms with van der Waals surface area (Å²) in [6.45, 7) is 8.89. The van der Waals surface area contributed by atoms with Crippen molar-refractivity contribution < 1.29 is 9.53 Å². The summed E-state index contributed by atoms with van der Waals surface area (Å²) in [5.74, 6) is -0.0280. The van der Waals surface area contributed by atoms with E-state index in [1.807, 2.05) is 13.8 Å². The van der Waals surface area contributed by atoms with E-state index >= 15 is 0 Å². The van der Waals surface area contributed by atoms with E-state index in [0.29, 0.717) is 6.61 Å². The van der Waals surface area contributed by atoms with Gasteiger partial charge in [0.1, 0.15) is 0 Å². The van der Waals surface area contributed by atoms with Gasteiger partial charge >= 0.3 is 5.97 Å². The monoisotopic (exact) mass is 228 g/mol. The van der Waals surface area contributed by atoms with Crippen molar-refractivity contribution in [3.05, 3.63) is 0 Å². The minimum absolute atomic E-state index is 0.0280. The van der Waals surface area contributed by atoms with Crippen LogP contribution >= 0.6 is 0 Å². The Balaban J connectivity index is 3.76. The van der Waals surface area contributed by atoms with Gasteiger partial charge < -0.3 is 4.74 Å². The van der Waals surface area contributed by atoms with Crippen LogP contribution in [-0.4, -0.2) is 12.6 Å². The number of hydrogen-bond acceptors (Lipinski definition) is 2. The van der Waals surface area contributed by atoms with Gasteiger partial charge in [0, 0.05) is 0 Å². The Kier molecular flexibility index (Phi) is 8.32. The first-order valence-electron chi connectivity index (χ1n) is 6.71. The topological polar surface area (TPSA) is 26.3 Å². The molecule has 96 valence electrons. The summed E-state index contributed by atoms with van der Waals surface area (Å²) in [4.78, 5) is 11.8. The molecule has 0 bridgehead atoms. The fraction of sp³-hybridized carbons (Fsp3) is 0.929. The maximum atomic E-state index is 11.8. The third-order valence-corrected chi connectivity index (χ3v) is 2.94. The second-order valence-electron chi connectivity index (χ2n) is 5.18. The van der Waals surface area contributed by atoms with Crippen LogP contribution < -0.4 is 0 Å². The summed E-state index contributed by atoms with van der Waals surface area (Å²) in [5, 5.41) is 0. The molecule has 0 aromatic heterocycles. The van der Waals surface area contributed by atoms with E-state index in [-0.39, 0.29) is 11.4 Å². The molecule has 2 nitrogen and oxygen atoms in total. The van der Waals surface area contributed by atoms with E-state index in [4.69, 9.17) is 4.74 Å². The van der Waals surface area contributed by atoms with Crippen LogP contribution in [0.2, 0.25) is 0 Å². The second kappa shape index (κ2) is 8.60. The first kappa shape index (κ1) is 15.5. The number of unbranched alkanes of at least 4 members (excludes halogenated alkanes) is 4. The highest BCUT2D eigenvalue weighted by atomic mass is 16.5. The molecule has 0 saturated heterocycles. The molecule has 0 aromatic carbocycles. The lowest BCUT2D eigenvalue weighted by Crippen LogP contribution is -2.27. The van der Waals surface area contributed by atoms with Crippen molar-refractivity contribution in [2.75, 3.05) is 6.61 Å². The molecule has 16 heavy (non-hydrogen) atoms. The maximum absolute atomic E-state index is 11.8. The van der Waals surface area contributed by atoms with Crippen LogP contribution in [0.1, 0.15) is 72.6 Å². The predicted molar refractivity (Wildman–Crippen MR) is 68.4 cm³/mol. The smallest absolute Gasteiger partial charge is 0.311 e. The van der Waals surface area contributed by atoms with Crippen molar-refractivity contribution in [3.63, 3.8) is 0 Å². The van der Waals surface area contributed by atoms with Gasteiger partial charge in [0.2, 0.25) is 0 Å². The van der Waals surface area contributed by atoms with Crippen LogP contribution in [0.4, 0.5) is 0 Å². The van der Waals surface area contributed by atoms with E-state index in [1.165, 1.54) is 12.8 Å². The first-order chi connectivity index (χ1) is 7.54. The highest BCUT2D eigenvalue weighted by Gasteiger charge is 2.28. The van der Waals surface area contributed by atoms with Gasteiger partial charge in [0.15, 0.2) is 0 Å². The highest BCUT2D eigenvalue weighted by molar-refractivity contribution is 5.75. The number of esters is 1. The molecule has 0 aliphatic carbocycles. The molecule has 0 spiro atoms. The van der Waals surface area contributed by atoms with Gasteiger partial charge in [-0.2, -0.15) is 0 Å². The standard InChI is InChI=1S/C14H28O2/c1-5-7-9-11-14(3,4)13(15)16-12-10-8-6-2/h5-12H2,1-4H3. The summed E-state index contributed by atoms with van der Waals surface area (Å²) in [6.07, 6.45) is 7.75. The molecular formula is C14H28O2. The van der Waals surface area contributed by atoms with Crippen LogP contribution in [-0.2, 0) is 9.53 Å². The second-order valence-corrected chi connectivity index (χ2v) is 5.18. The Bertz CT molecular complexity index is 185. The van der Waals surface area contributed by atoms with Crippen LogP contribution in [0.25, 0.3) is 0 Å². The molecule has 0 heterocycles. The van der Waals surface area contributed by atoms with Crippen LogP contribution in [0, 0.1) is 5.41 Å². The number of carbonyl (C=O) groups excluding carboxylic acids is 1. The predicted octanol–water partition coefficient (Wildman–Crippen LogP) is 4.33. The Morgan fingerprint density at radius 3 is 2.12 bits per heavy atom. The molecule has 0 aliphatic heterocycles. The molecule has 0 aliphatic rings. The van der Waals surface area contributed by atoms with Gasteiger partial charge in [-0.25, -0.2) is 0 Å². The zero-order valence-corrected chi connectivity index (χ0v) is 11.5. The van der Waals surface area contributed by atoms with Gasteiger partial charge in [-0.15, -0.1) is 0 Å². The molecule has 0 unspecified atom stereocenters. The fourth-order valence-electron chi connectivity index (χ4n) is 1.63. The van der Waals surface area contributed by atoms with E-state index in [0.717, 1.165) is 32.1 Å². The van der Waals surface area contributed by atoms with E-state index in [1.54, 1.807) is 0 Å². The average molecular weight is 228 g/mol. The maximum Gasteiger partial charge on any atom is 0.311 e. The van der Waals surface area contributed by atoms with Gasteiger partial charge in [-0.05, 0) is 26.7 Å². The van der Waals surface area contributed by atoms with Crippen molar-refractivity contribution in [2.24, 2.45) is 5.41 Å². The Labute approximate surface area is 101 Å². The van der Waals surface area contributed by atoms with Gasteiger partial charge in [0.25, 0.3) is 0 Å². The molecule has 2 heteroatoms. The Hall–Kier alpha value is -0.530. The van der Waals surface area contributed by atoms with Crippen LogP contribution in [0.5, 0.6) is 0 Å². The summed E-state index contributed by atoms with van der Waals surface area (Å²) < 4.78 is 5.30. The van der Waals surface area contributed by atoms with Crippen molar-refractivity contribution in [3.8, 4) is 0 Å². The highest BCUT2D eigenvalue weighted by Crippen LogP contribution is 2.25. The number of ether oxygens (including phenoxy) is 1. The molecule has 0 radical (unpaired) electrons. The Morgan fingerprint density at radius 1 is 1.00 bits per heavy atom. The molecule has 0 fully saturated rings. The normalized spacial score (nSPS) is 11.5. The molecule has 0 N–H and O–H groups in total. The zero-order chi connectivity index (χ0) is 12.4. The number of rotatable bonds is 9. The fourth-order valence-corrected chi connectivity index (χ4v) is 1.63. The quantitative estimate of drug-likeness (QED) is 0.434. The van der Waals surface area contributed by atoms with E-state index in [9.17, 15) is 4.79 Å². The average Bonchev–Trinajstić information content (AvgIpc) is 2.24. The van der Waals surface area contributed by atoms with Gasteiger partial charge in [-0.1, -0.05) is 46.0 Å². The molecule has 0 atom stereocenters. The number of hydrogen-bond donors (Lipinski definition) is 0. The minimum Gasteiger partial charge on any atom is -0.465 e. The molecule has 0 rings (SSSR count). The Morgan fingerprint density at radius 2 is 1.56 bits per heavy atom.